The van der Waals surface area contributed by atoms with Crippen LogP contribution in [0.5, 0.6) is 0 Å². The van der Waals surface area contributed by atoms with Gasteiger partial charge in [-0.1, -0.05) is 36.3 Å². The van der Waals surface area contributed by atoms with E-state index in [9.17, 15) is 4.55 Å². The maximum absolute atomic E-state index is 11.7. The van der Waals surface area contributed by atoms with E-state index in [1.807, 2.05) is 39.0 Å². The van der Waals surface area contributed by atoms with Crippen LogP contribution in [0.3, 0.4) is 0 Å². The van der Waals surface area contributed by atoms with Crippen LogP contribution in [-0.4, -0.2) is 15.5 Å². The van der Waals surface area contributed by atoms with Crippen LogP contribution in [0.25, 0.3) is 0 Å². The third kappa shape index (κ3) is 4.57. The molecule has 0 aromatic heterocycles. The quantitative estimate of drug-likeness (QED) is 0.573. The SMILES string of the molecule is CC(C)(C)[S+]([O-])N=Cc1cc(Br)cc(Br)c1. The van der Waals surface area contributed by atoms with Gasteiger partial charge >= 0.3 is 0 Å². The van der Waals surface area contributed by atoms with Crippen molar-refractivity contribution in [2.75, 3.05) is 0 Å². The van der Waals surface area contributed by atoms with Gasteiger partial charge in [-0.2, -0.15) is 0 Å². The molecule has 0 amide bonds. The molecule has 0 fully saturated rings. The summed E-state index contributed by atoms with van der Waals surface area (Å²) in [6.07, 6.45) is 1.64. The van der Waals surface area contributed by atoms with Crippen molar-refractivity contribution in [2.45, 2.75) is 25.5 Å². The fourth-order valence-corrected chi connectivity index (χ4v) is 2.78. The average molecular weight is 367 g/mol. The summed E-state index contributed by atoms with van der Waals surface area (Å²) in [6, 6.07) is 5.79. The fourth-order valence-electron chi connectivity index (χ4n) is 0.917. The third-order valence-corrected chi connectivity index (χ3v) is 3.97. The molecule has 0 aliphatic carbocycles. The smallest absolute Gasteiger partial charge is 0.144 e. The Morgan fingerprint density at radius 3 is 2.12 bits per heavy atom. The van der Waals surface area contributed by atoms with E-state index in [0.29, 0.717) is 0 Å². The van der Waals surface area contributed by atoms with Gasteiger partial charge < -0.3 is 4.55 Å². The summed E-state index contributed by atoms with van der Waals surface area (Å²) in [4.78, 5) is 0. The normalized spacial score (nSPS) is 14.4. The molecule has 1 aromatic rings. The molecule has 0 aliphatic heterocycles. The molecule has 1 rings (SSSR count). The molecule has 0 bridgehead atoms. The lowest BCUT2D eigenvalue weighted by Crippen LogP contribution is -2.25. The Hall–Kier alpha value is 0.160. The molecule has 0 saturated heterocycles. The van der Waals surface area contributed by atoms with Crippen molar-refractivity contribution < 1.29 is 4.55 Å². The minimum absolute atomic E-state index is 0.320. The number of halogens is 2. The molecule has 0 heterocycles. The first-order valence-electron chi connectivity index (χ1n) is 4.71. The van der Waals surface area contributed by atoms with Crippen LogP contribution in [-0.2, 0) is 11.4 Å². The largest absolute Gasteiger partial charge is 0.591 e. The molecule has 0 N–H and O–H groups in total. The zero-order valence-electron chi connectivity index (χ0n) is 9.33. The van der Waals surface area contributed by atoms with Crippen LogP contribution in [0.2, 0.25) is 0 Å². The number of hydrogen-bond donors (Lipinski definition) is 0. The lowest BCUT2D eigenvalue weighted by Gasteiger charge is -2.17. The second-order valence-electron chi connectivity index (χ2n) is 4.30. The highest BCUT2D eigenvalue weighted by Gasteiger charge is 2.25. The summed E-state index contributed by atoms with van der Waals surface area (Å²) in [5.41, 5.74) is 0.916. The van der Waals surface area contributed by atoms with Gasteiger partial charge in [-0.15, -0.1) is 0 Å². The molecule has 0 spiro atoms. The molecule has 2 nitrogen and oxygen atoms in total. The lowest BCUT2D eigenvalue weighted by atomic mass is 10.2. The average Bonchev–Trinajstić information content (AvgIpc) is 2.11. The predicted molar refractivity (Wildman–Crippen MR) is 77.3 cm³/mol. The highest BCUT2D eigenvalue weighted by molar-refractivity contribution is 9.11. The maximum atomic E-state index is 11.7. The Kier molecular flexibility index (Phi) is 5.04. The van der Waals surface area contributed by atoms with Gasteiger partial charge in [-0.05, 0) is 44.5 Å². The van der Waals surface area contributed by atoms with Crippen molar-refractivity contribution in [2.24, 2.45) is 4.40 Å². The Balaban J connectivity index is 2.84. The fraction of sp³-hybridized carbons (Fsp3) is 0.364. The Labute approximate surface area is 116 Å². The second-order valence-corrected chi connectivity index (χ2v) is 8.06. The highest BCUT2D eigenvalue weighted by Crippen LogP contribution is 2.20. The lowest BCUT2D eigenvalue weighted by molar-refractivity contribution is 0.562. The summed E-state index contributed by atoms with van der Waals surface area (Å²) in [5, 5.41) is 0. The van der Waals surface area contributed by atoms with Crippen LogP contribution in [0.1, 0.15) is 26.3 Å². The topological polar surface area (TPSA) is 35.4 Å². The molecule has 0 radical (unpaired) electrons. The van der Waals surface area contributed by atoms with Crippen molar-refractivity contribution >= 4 is 49.4 Å². The van der Waals surface area contributed by atoms with E-state index in [1.165, 1.54) is 0 Å². The van der Waals surface area contributed by atoms with E-state index in [4.69, 9.17) is 0 Å². The maximum Gasteiger partial charge on any atom is 0.144 e. The van der Waals surface area contributed by atoms with E-state index in [1.54, 1.807) is 6.21 Å². The standard InChI is InChI=1S/C11H13Br2NOS/c1-11(2,3)16(15)14-7-8-4-9(12)6-10(13)5-8/h4-7H,1-3H3. The molecule has 16 heavy (non-hydrogen) atoms. The molecule has 88 valence electrons. The van der Waals surface area contributed by atoms with Crippen LogP contribution in [0.15, 0.2) is 31.5 Å². The molecular weight excluding hydrogens is 354 g/mol. The monoisotopic (exact) mass is 365 g/mol. The predicted octanol–water partition coefficient (Wildman–Crippen LogP) is 4.09. The molecule has 1 aromatic carbocycles. The van der Waals surface area contributed by atoms with Crippen molar-refractivity contribution in [1.29, 1.82) is 0 Å². The number of benzene rings is 1. The van der Waals surface area contributed by atoms with Gasteiger partial charge in [0.15, 0.2) is 0 Å². The molecule has 0 saturated carbocycles. The summed E-state index contributed by atoms with van der Waals surface area (Å²) >= 11 is 5.57. The van der Waals surface area contributed by atoms with Crippen LogP contribution >= 0.6 is 31.9 Å². The van der Waals surface area contributed by atoms with E-state index in [2.05, 4.69) is 36.3 Å². The van der Waals surface area contributed by atoms with Gasteiger partial charge in [0, 0.05) is 8.95 Å². The highest BCUT2D eigenvalue weighted by atomic mass is 79.9. The molecule has 0 aliphatic rings. The molecule has 1 atom stereocenters. The Morgan fingerprint density at radius 1 is 1.19 bits per heavy atom. The van der Waals surface area contributed by atoms with Gasteiger partial charge in [0.05, 0.1) is 6.21 Å². The first-order chi connectivity index (χ1) is 7.29. The zero-order valence-corrected chi connectivity index (χ0v) is 13.3. The van der Waals surface area contributed by atoms with E-state index in [-0.39, 0.29) is 4.75 Å². The molecular formula is C11H13Br2NOS. The van der Waals surface area contributed by atoms with E-state index in [0.717, 1.165) is 14.5 Å². The van der Waals surface area contributed by atoms with E-state index >= 15 is 0 Å². The first kappa shape index (κ1) is 14.2. The van der Waals surface area contributed by atoms with Crippen LogP contribution < -0.4 is 0 Å². The summed E-state index contributed by atoms with van der Waals surface area (Å²) in [5.74, 6) is 0. The third-order valence-electron chi connectivity index (χ3n) is 1.71. The van der Waals surface area contributed by atoms with Gasteiger partial charge in [0.1, 0.15) is 16.1 Å². The van der Waals surface area contributed by atoms with Crippen molar-refractivity contribution in [1.82, 2.24) is 0 Å². The van der Waals surface area contributed by atoms with Crippen molar-refractivity contribution in [3.05, 3.63) is 32.7 Å². The van der Waals surface area contributed by atoms with Crippen molar-refractivity contribution in [3.8, 4) is 0 Å². The summed E-state index contributed by atoms with van der Waals surface area (Å²) < 4.78 is 17.4. The summed E-state index contributed by atoms with van der Waals surface area (Å²) in [6.45, 7) is 5.70. The van der Waals surface area contributed by atoms with Gasteiger partial charge in [-0.3, -0.25) is 0 Å². The van der Waals surface area contributed by atoms with Crippen LogP contribution in [0, 0.1) is 0 Å². The van der Waals surface area contributed by atoms with Gasteiger partial charge in [0.2, 0.25) is 0 Å². The second kappa shape index (κ2) is 5.67. The van der Waals surface area contributed by atoms with E-state index < -0.39 is 11.4 Å². The summed E-state index contributed by atoms with van der Waals surface area (Å²) in [7, 11) is 0. The minimum Gasteiger partial charge on any atom is -0.591 e. The first-order valence-corrected chi connectivity index (χ1v) is 7.40. The molecule has 5 heteroatoms. The van der Waals surface area contributed by atoms with Crippen molar-refractivity contribution in [3.63, 3.8) is 0 Å². The van der Waals surface area contributed by atoms with Gasteiger partial charge in [-0.25, -0.2) is 0 Å². The number of nitrogens with zero attached hydrogens (tertiary/aromatic N) is 1. The van der Waals surface area contributed by atoms with Gasteiger partial charge in [0.25, 0.3) is 0 Å². The molecule has 1 unspecified atom stereocenters. The number of rotatable bonds is 2. The van der Waals surface area contributed by atoms with Crippen LogP contribution in [0.4, 0.5) is 0 Å². The minimum atomic E-state index is -1.21. The number of hydrogen-bond acceptors (Lipinski definition) is 2. The Morgan fingerprint density at radius 2 is 1.69 bits per heavy atom. The Bertz CT molecular complexity index is 381. The zero-order chi connectivity index (χ0) is 12.3.